The number of ketones is 1. The van der Waals surface area contributed by atoms with Crippen molar-refractivity contribution in [3.05, 3.63) is 53.6 Å². The van der Waals surface area contributed by atoms with Crippen LogP contribution in [0.25, 0.3) is 11.1 Å². The van der Waals surface area contributed by atoms with Gasteiger partial charge in [-0.25, -0.2) is 8.42 Å². The van der Waals surface area contributed by atoms with Crippen molar-refractivity contribution in [1.29, 1.82) is 0 Å². The van der Waals surface area contributed by atoms with Gasteiger partial charge in [0.05, 0.1) is 24.2 Å². The number of sulfonamides is 1. The number of rotatable bonds is 13. The molecule has 1 aliphatic rings. The minimum atomic E-state index is -4.45. The van der Waals surface area contributed by atoms with Crippen LogP contribution in [0.5, 0.6) is 5.75 Å². The van der Waals surface area contributed by atoms with Crippen LogP contribution in [-0.2, 0) is 31.4 Å². The van der Waals surface area contributed by atoms with Crippen LogP contribution in [-0.4, -0.2) is 38.6 Å². The number of hydrogen-bond acceptors (Lipinski definition) is 5. The van der Waals surface area contributed by atoms with E-state index in [-0.39, 0.29) is 34.7 Å². The molecule has 0 saturated heterocycles. The molecule has 1 aliphatic carbocycles. The first kappa shape index (κ1) is 35.6. The fourth-order valence-electron chi connectivity index (χ4n) is 5.89. The summed E-state index contributed by atoms with van der Waals surface area (Å²) in [5.74, 6) is -0.00492. The topological polar surface area (TPSA) is 89.5 Å². The van der Waals surface area contributed by atoms with E-state index in [4.69, 9.17) is 4.74 Å². The van der Waals surface area contributed by atoms with E-state index in [1.54, 1.807) is 50.2 Å². The van der Waals surface area contributed by atoms with Gasteiger partial charge in [0.1, 0.15) is 11.5 Å². The molecule has 1 fully saturated rings. The summed E-state index contributed by atoms with van der Waals surface area (Å²) in [6.07, 6.45) is -0.450. The number of ether oxygens (including phenoxy) is 1. The maximum absolute atomic E-state index is 13.5. The molecular weight excluding hydrogens is 591 g/mol. The lowest BCUT2D eigenvalue weighted by Crippen LogP contribution is -2.42. The van der Waals surface area contributed by atoms with Gasteiger partial charge in [-0.15, -0.1) is 0 Å². The second-order valence-corrected chi connectivity index (χ2v) is 15.4. The number of amides is 1. The maximum Gasteiger partial charge on any atom is 0.393 e. The molecule has 0 bridgehead atoms. The second kappa shape index (κ2) is 13.6. The number of alkyl halides is 3. The Morgan fingerprint density at radius 3 is 2.30 bits per heavy atom. The minimum Gasteiger partial charge on any atom is -0.490 e. The van der Waals surface area contributed by atoms with Crippen LogP contribution in [0.2, 0.25) is 0 Å². The van der Waals surface area contributed by atoms with Crippen molar-refractivity contribution in [2.75, 3.05) is 6.26 Å². The van der Waals surface area contributed by atoms with Crippen LogP contribution in [0.3, 0.4) is 0 Å². The molecule has 2 aromatic rings. The molecular formula is C34H46F3NO5S. The molecule has 44 heavy (non-hydrogen) atoms. The van der Waals surface area contributed by atoms with Gasteiger partial charge >= 0.3 is 6.18 Å². The Hall–Kier alpha value is -2.88. The highest BCUT2D eigenvalue weighted by Crippen LogP contribution is 2.41. The van der Waals surface area contributed by atoms with Crippen molar-refractivity contribution >= 4 is 21.7 Å². The fourth-order valence-corrected chi connectivity index (χ4v) is 6.48. The van der Waals surface area contributed by atoms with E-state index in [1.165, 1.54) is 6.07 Å². The van der Waals surface area contributed by atoms with Crippen molar-refractivity contribution in [3.8, 4) is 16.9 Å². The summed E-state index contributed by atoms with van der Waals surface area (Å²) in [6, 6.07) is 11.1. The van der Waals surface area contributed by atoms with Crippen LogP contribution in [0.4, 0.5) is 13.2 Å². The van der Waals surface area contributed by atoms with Crippen LogP contribution in [0.15, 0.2) is 42.5 Å². The zero-order valence-corrected chi connectivity index (χ0v) is 27.6. The molecule has 0 spiro atoms. The Labute approximate surface area is 260 Å². The number of carbonyl (C=O) groups excluding carboxylic acids is 2. The largest absolute Gasteiger partial charge is 0.490 e. The van der Waals surface area contributed by atoms with Gasteiger partial charge in [-0.3, -0.25) is 14.3 Å². The molecule has 1 N–H and O–H groups in total. The van der Waals surface area contributed by atoms with E-state index in [0.717, 1.165) is 25.5 Å². The average molecular weight is 638 g/mol. The molecule has 0 aliphatic heterocycles. The average Bonchev–Trinajstić information content (AvgIpc) is 3.33. The van der Waals surface area contributed by atoms with Gasteiger partial charge in [0.2, 0.25) is 15.9 Å². The zero-order chi connectivity index (χ0) is 33.1. The molecule has 6 nitrogen and oxygen atoms in total. The maximum atomic E-state index is 13.5. The summed E-state index contributed by atoms with van der Waals surface area (Å²) in [7, 11) is -3.83. The number of hydrogen-bond donors (Lipinski definition) is 1. The second-order valence-electron chi connectivity index (χ2n) is 13.7. The third kappa shape index (κ3) is 9.81. The number of carbonyl (C=O) groups is 2. The normalized spacial score (nSPS) is 18.6. The standard InChI is InChI=1S/C34H46F3NO5S/c1-8-32(3,4)20-22(2)29(39)18-23-13-15-26(17-23)43-30-16-14-25(33(5,6)31(40)38-44(7,41)42)19-28(30)27-12-10-9-11-24(27)21-34(35,36)37/h9-12,14,16,19,22-23,26H,8,13,15,17-18,20-21H2,1-7H3,(H,38,40)/t22?,23-,26-/m1/s1. The van der Waals surface area contributed by atoms with Crippen LogP contribution in [0.1, 0.15) is 91.2 Å². The van der Waals surface area contributed by atoms with E-state index in [9.17, 15) is 31.2 Å². The van der Waals surface area contributed by atoms with Crippen molar-refractivity contribution in [2.45, 2.75) is 104 Å². The monoisotopic (exact) mass is 637 g/mol. The van der Waals surface area contributed by atoms with E-state index >= 15 is 0 Å². The lowest BCUT2D eigenvalue weighted by atomic mass is 9.78. The molecule has 244 valence electrons. The molecule has 3 rings (SSSR count). The smallest absolute Gasteiger partial charge is 0.393 e. The first-order valence-electron chi connectivity index (χ1n) is 15.2. The Morgan fingerprint density at radius 1 is 1.02 bits per heavy atom. The van der Waals surface area contributed by atoms with Crippen molar-refractivity contribution < 1.29 is 35.9 Å². The predicted molar refractivity (Wildman–Crippen MR) is 167 cm³/mol. The van der Waals surface area contributed by atoms with Crippen molar-refractivity contribution in [2.24, 2.45) is 17.3 Å². The van der Waals surface area contributed by atoms with Crippen LogP contribution >= 0.6 is 0 Å². The Balaban J connectivity index is 1.91. The molecule has 3 atom stereocenters. The first-order valence-corrected chi connectivity index (χ1v) is 17.1. The van der Waals surface area contributed by atoms with E-state index < -0.39 is 33.9 Å². The highest BCUT2D eigenvalue weighted by Gasteiger charge is 2.35. The molecule has 0 aromatic heterocycles. The third-order valence-corrected chi connectivity index (χ3v) is 9.44. The highest BCUT2D eigenvalue weighted by molar-refractivity contribution is 7.89. The predicted octanol–water partition coefficient (Wildman–Crippen LogP) is 7.78. The Bertz CT molecular complexity index is 1450. The Morgan fingerprint density at radius 2 is 1.68 bits per heavy atom. The molecule has 1 unspecified atom stereocenters. The summed E-state index contributed by atoms with van der Waals surface area (Å²) in [4.78, 5) is 25.9. The van der Waals surface area contributed by atoms with Gasteiger partial charge in [-0.2, -0.15) is 13.2 Å². The van der Waals surface area contributed by atoms with E-state index in [1.807, 2.05) is 11.6 Å². The summed E-state index contributed by atoms with van der Waals surface area (Å²) < 4.78 is 72.6. The first-order chi connectivity index (χ1) is 20.2. The molecule has 0 heterocycles. The summed E-state index contributed by atoms with van der Waals surface area (Å²) in [5.41, 5.74) is -0.0462. The number of halogens is 3. The lowest BCUT2D eigenvalue weighted by Gasteiger charge is -2.27. The molecule has 1 amide bonds. The third-order valence-electron chi connectivity index (χ3n) is 8.89. The SMILES string of the molecule is CCC(C)(C)CC(C)C(=O)C[C@@H]1CC[C@@H](Oc2ccc(C(C)(C)C(=O)NS(C)(=O)=O)cc2-c2ccccc2CC(F)(F)F)C1. The summed E-state index contributed by atoms with van der Waals surface area (Å²) >= 11 is 0. The van der Waals surface area contributed by atoms with Gasteiger partial charge in [0, 0.05) is 17.9 Å². The summed E-state index contributed by atoms with van der Waals surface area (Å²) in [6.45, 7) is 11.6. The van der Waals surface area contributed by atoms with Crippen molar-refractivity contribution in [3.63, 3.8) is 0 Å². The number of benzene rings is 2. The van der Waals surface area contributed by atoms with Crippen LogP contribution in [0, 0.1) is 17.3 Å². The van der Waals surface area contributed by atoms with Crippen molar-refractivity contribution in [1.82, 2.24) is 4.72 Å². The quantitative estimate of drug-likeness (QED) is 0.242. The fraction of sp³-hybridized carbons (Fsp3) is 0.588. The minimum absolute atomic E-state index is 0.0301. The molecule has 2 aromatic carbocycles. The number of Topliss-reactive ketones (excluding diaryl/α,β-unsaturated/α-hetero) is 1. The van der Waals surface area contributed by atoms with Gasteiger partial charge in [-0.05, 0) is 79.7 Å². The van der Waals surface area contributed by atoms with Crippen LogP contribution < -0.4 is 9.46 Å². The summed E-state index contributed by atoms with van der Waals surface area (Å²) in [5, 5.41) is 0. The lowest BCUT2D eigenvalue weighted by molar-refractivity contribution is -0.127. The number of nitrogens with one attached hydrogen (secondary N) is 1. The van der Waals surface area contributed by atoms with Gasteiger partial charge in [0.25, 0.3) is 0 Å². The van der Waals surface area contributed by atoms with Gasteiger partial charge in [-0.1, -0.05) is 64.4 Å². The molecule has 1 saturated carbocycles. The molecule has 10 heteroatoms. The van der Waals surface area contributed by atoms with E-state index in [2.05, 4.69) is 20.8 Å². The van der Waals surface area contributed by atoms with E-state index in [0.29, 0.717) is 41.7 Å². The molecule has 0 radical (unpaired) electrons. The highest BCUT2D eigenvalue weighted by atomic mass is 32.2. The van der Waals surface area contributed by atoms with Gasteiger partial charge in [0.15, 0.2) is 0 Å². The zero-order valence-electron chi connectivity index (χ0n) is 26.8. The van der Waals surface area contributed by atoms with Gasteiger partial charge < -0.3 is 4.74 Å². The Kier molecular flexibility index (Phi) is 11.0.